The van der Waals surface area contributed by atoms with Gasteiger partial charge in [0.2, 0.25) is 0 Å². The minimum Gasteiger partial charge on any atom is -0.446 e. The Labute approximate surface area is 228 Å². The second kappa shape index (κ2) is 12.8. The molecule has 11 heteroatoms. The molecule has 7 nitrogen and oxygen atoms in total. The van der Waals surface area contributed by atoms with Gasteiger partial charge in [-0.15, -0.1) is 24.8 Å². The number of nitrogens with zero attached hydrogens (tertiary/aromatic N) is 4. The van der Waals surface area contributed by atoms with Crippen LogP contribution in [-0.4, -0.2) is 71.1 Å². The van der Waals surface area contributed by atoms with Gasteiger partial charge in [-0.3, -0.25) is 4.98 Å². The summed E-state index contributed by atoms with van der Waals surface area (Å²) in [6.45, 7) is 3.97. The van der Waals surface area contributed by atoms with E-state index in [2.05, 4.69) is 16.0 Å². The molecule has 3 saturated heterocycles. The van der Waals surface area contributed by atoms with Crippen LogP contribution in [0.5, 0.6) is 0 Å². The summed E-state index contributed by atoms with van der Waals surface area (Å²) in [5, 5.41) is 0. The number of piperidine rings is 2. The molecule has 1 aromatic heterocycles. The molecule has 37 heavy (non-hydrogen) atoms. The Morgan fingerprint density at radius 3 is 2.51 bits per heavy atom. The van der Waals surface area contributed by atoms with Crippen LogP contribution >= 0.6 is 24.8 Å². The highest BCUT2D eigenvalue weighted by atomic mass is 35.5. The Morgan fingerprint density at radius 1 is 1.03 bits per heavy atom. The lowest BCUT2D eigenvalue weighted by Gasteiger charge is -2.39. The minimum atomic E-state index is -1.01. The van der Waals surface area contributed by atoms with Crippen LogP contribution in [0, 0.1) is 17.6 Å². The number of hydrogen-bond acceptors (Lipinski definition) is 5. The highest BCUT2D eigenvalue weighted by Crippen LogP contribution is 2.32. The van der Waals surface area contributed by atoms with Crippen molar-refractivity contribution in [1.29, 1.82) is 0 Å². The van der Waals surface area contributed by atoms with E-state index in [0.29, 0.717) is 30.5 Å². The standard InChI is InChI=1S/C26H30F2N4O3.2ClH/c27-21-7-6-20(14-22(21)28)24-17-35-26(34)32(24)25(33)31-11-3-4-18(16-31)15-30-12-8-19(9-13-30)23-5-1-2-10-29-23;;/h1-2,5-7,10,14,18-19,24H,3-4,8-9,11-13,15-17H2;2*1H. The van der Waals surface area contributed by atoms with Crippen molar-refractivity contribution in [3.8, 4) is 0 Å². The number of carbonyl (C=O) groups is 2. The van der Waals surface area contributed by atoms with Crippen LogP contribution in [0.15, 0.2) is 42.6 Å². The second-order valence-electron chi connectivity index (χ2n) is 9.70. The van der Waals surface area contributed by atoms with Crippen LogP contribution in [0.3, 0.4) is 0 Å². The lowest BCUT2D eigenvalue weighted by atomic mass is 9.91. The number of rotatable bonds is 4. The minimum absolute atomic E-state index is 0. The average molecular weight is 557 g/mol. The summed E-state index contributed by atoms with van der Waals surface area (Å²) in [5.74, 6) is -1.18. The van der Waals surface area contributed by atoms with E-state index in [-0.39, 0.29) is 31.4 Å². The molecule has 2 atom stereocenters. The number of urea groups is 1. The van der Waals surface area contributed by atoms with Crippen LogP contribution in [0.25, 0.3) is 0 Å². The second-order valence-corrected chi connectivity index (χ2v) is 9.70. The van der Waals surface area contributed by atoms with Gasteiger partial charge in [-0.1, -0.05) is 12.1 Å². The van der Waals surface area contributed by atoms with Crippen molar-refractivity contribution in [2.75, 3.05) is 39.3 Å². The Kier molecular flexibility index (Phi) is 10.1. The lowest BCUT2D eigenvalue weighted by molar-refractivity contribution is 0.106. The summed E-state index contributed by atoms with van der Waals surface area (Å²) < 4.78 is 32.3. The molecule has 4 heterocycles. The van der Waals surface area contributed by atoms with E-state index in [0.717, 1.165) is 68.0 Å². The van der Waals surface area contributed by atoms with E-state index in [1.165, 1.54) is 6.07 Å². The zero-order chi connectivity index (χ0) is 24.4. The van der Waals surface area contributed by atoms with E-state index >= 15 is 0 Å². The zero-order valence-corrected chi connectivity index (χ0v) is 22.1. The van der Waals surface area contributed by atoms with Crippen molar-refractivity contribution in [3.63, 3.8) is 0 Å². The Bertz CT molecular complexity index is 1070. The van der Waals surface area contributed by atoms with Crippen LogP contribution in [-0.2, 0) is 4.74 Å². The summed E-state index contributed by atoms with van der Waals surface area (Å²) in [6, 6.07) is 8.30. The van der Waals surface area contributed by atoms with Crippen LogP contribution in [0.4, 0.5) is 18.4 Å². The van der Waals surface area contributed by atoms with Gasteiger partial charge in [0.1, 0.15) is 12.6 Å². The van der Waals surface area contributed by atoms with Crippen molar-refractivity contribution in [1.82, 2.24) is 19.7 Å². The fourth-order valence-corrected chi connectivity index (χ4v) is 5.53. The average Bonchev–Trinajstić information content (AvgIpc) is 3.27. The van der Waals surface area contributed by atoms with Gasteiger partial charge in [-0.05, 0) is 74.5 Å². The zero-order valence-electron chi connectivity index (χ0n) is 20.4. The molecule has 0 bridgehead atoms. The number of benzene rings is 1. The number of carbonyl (C=O) groups excluding carboxylic acids is 2. The van der Waals surface area contributed by atoms with E-state index in [1.54, 1.807) is 4.90 Å². The maximum absolute atomic E-state index is 13.8. The Morgan fingerprint density at radius 2 is 1.81 bits per heavy atom. The summed E-state index contributed by atoms with van der Waals surface area (Å²) >= 11 is 0. The third-order valence-corrected chi connectivity index (χ3v) is 7.41. The molecule has 3 aliphatic heterocycles. The molecular weight excluding hydrogens is 525 g/mol. The molecule has 0 radical (unpaired) electrons. The number of hydrogen-bond donors (Lipinski definition) is 0. The van der Waals surface area contributed by atoms with Gasteiger partial charge in [-0.2, -0.15) is 0 Å². The molecule has 3 aliphatic rings. The topological polar surface area (TPSA) is 66.0 Å². The first kappa shape index (κ1) is 29.1. The molecule has 2 aromatic rings. The molecule has 0 N–H and O–H groups in total. The maximum Gasteiger partial charge on any atom is 0.418 e. The predicted octanol–water partition coefficient (Wildman–Crippen LogP) is 5.41. The molecule has 0 spiro atoms. The monoisotopic (exact) mass is 556 g/mol. The van der Waals surface area contributed by atoms with Gasteiger partial charge < -0.3 is 14.5 Å². The van der Waals surface area contributed by atoms with Gasteiger partial charge in [0.05, 0.1) is 0 Å². The highest BCUT2D eigenvalue weighted by molar-refractivity contribution is 5.92. The normalized spacial score (nSPS) is 22.7. The molecular formula is C26H32Cl2F2N4O3. The number of aromatic nitrogens is 1. The van der Waals surface area contributed by atoms with Crippen LogP contribution < -0.4 is 0 Å². The van der Waals surface area contributed by atoms with Gasteiger partial charge in [0.25, 0.3) is 0 Å². The van der Waals surface area contributed by atoms with Crippen molar-refractivity contribution in [3.05, 3.63) is 65.5 Å². The Balaban J connectivity index is 0.00000190. The molecule has 3 amide bonds. The number of amides is 3. The van der Waals surface area contributed by atoms with Crippen molar-refractivity contribution in [2.24, 2.45) is 5.92 Å². The number of ether oxygens (including phenoxy) is 1. The largest absolute Gasteiger partial charge is 0.446 e. The molecule has 202 valence electrons. The number of halogens is 4. The summed E-state index contributed by atoms with van der Waals surface area (Å²) in [4.78, 5) is 35.5. The van der Waals surface area contributed by atoms with E-state index in [4.69, 9.17) is 4.74 Å². The van der Waals surface area contributed by atoms with Gasteiger partial charge in [0, 0.05) is 37.4 Å². The van der Waals surface area contributed by atoms with Crippen LogP contribution in [0.1, 0.15) is 48.9 Å². The third-order valence-electron chi connectivity index (χ3n) is 7.41. The number of cyclic esters (lactones) is 1. The molecule has 1 aromatic carbocycles. The van der Waals surface area contributed by atoms with E-state index in [9.17, 15) is 18.4 Å². The number of pyridine rings is 1. The first-order valence-electron chi connectivity index (χ1n) is 12.3. The van der Waals surface area contributed by atoms with E-state index < -0.39 is 29.8 Å². The van der Waals surface area contributed by atoms with Gasteiger partial charge >= 0.3 is 12.1 Å². The number of imide groups is 1. The molecule has 0 saturated carbocycles. The smallest absolute Gasteiger partial charge is 0.418 e. The summed E-state index contributed by atoms with van der Waals surface area (Å²) in [7, 11) is 0. The molecule has 2 unspecified atom stereocenters. The third kappa shape index (κ3) is 6.51. The predicted molar refractivity (Wildman–Crippen MR) is 139 cm³/mol. The van der Waals surface area contributed by atoms with Crippen molar-refractivity contribution < 1.29 is 23.1 Å². The Hall–Kier alpha value is -2.49. The fourth-order valence-electron chi connectivity index (χ4n) is 5.53. The summed E-state index contributed by atoms with van der Waals surface area (Å²) in [6.07, 6.45) is 5.14. The SMILES string of the molecule is Cl.Cl.O=C1OCC(c2ccc(F)c(F)c2)N1C(=O)N1CCCC(CN2CCC(c3ccccn3)CC2)C1. The fraction of sp³-hybridized carbons (Fsp3) is 0.500. The maximum atomic E-state index is 13.8. The first-order chi connectivity index (χ1) is 17.0. The molecule has 0 aliphatic carbocycles. The van der Waals surface area contributed by atoms with Gasteiger partial charge in [0.15, 0.2) is 11.6 Å². The van der Waals surface area contributed by atoms with Crippen molar-refractivity contribution >= 4 is 36.9 Å². The lowest BCUT2D eigenvalue weighted by Crippen LogP contribution is -2.50. The van der Waals surface area contributed by atoms with E-state index in [1.807, 2.05) is 18.3 Å². The number of likely N-dealkylation sites (tertiary alicyclic amines) is 2. The van der Waals surface area contributed by atoms with Gasteiger partial charge in [-0.25, -0.2) is 23.3 Å². The summed E-state index contributed by atoms with van der Waals surface area (Å²) in [5.41, 5.74) is 1.50. The molecule has 5 rings (SSSR count). The van der Waals surface area contributed by atoms with Crippen LogP contribution in [0.2, 0.25) is 0 Å². The quantitative estimate of drug-likeness (QED) is 0.503. The molecule has 3 fully saturated rings. The first-order valence-corrected chi connectivity index (χ1v) is 12.3. The van der Waals surface area contributed by atoms with Crippen molar-refractivity contribution in [2.45, 2.75) is 37.6 Å². The highest BCUT2D eigenvalue weighted by Gasteiger charge is 2.42.